The molecule has 0 aromatic carbocycles. The molecule has 0 saturated carbocycles. The van der Waals surface area contributed by atoms with Gasteiger partial charge in [-0.25, -0.2) is 0 Å². The maximum atomic E-state index is 12.2. The second-order valence-electron chi connectivity index (χ2n) is 2.61. The molecule has 0 amide bonds. The van der Waals surface area contributed by atoms with Crippen molar-refractivity contribution in [2.24, 2.45) is 7.05 Å². The van der Waals surface area contributed by atoms with Crippen LogP contribution >= 0.6 is 12.6 Å². The first-order valence-corrected chi connectivity index (χ1v) is 4.00. The smallest absolute Gasteiger partial charge is 0.310 e. The Morgan fingerprint density at radius 3 is 2.15 bits per heavy atom. The highest BCUT2D eigenvalue weighted by Gasteiger charge is 2.37. The van der Waals surface area contributed by atoms with Gasteiger partial charge >= 0.3 is 6.18 Å². The van der Waals surface area contributed by atoms with E-state index in [1.165, 1.54) is 7.05 Å². The largest absolute Gasteiger partial charge is 0.451 e. The summed E-state index contributed by atoms with van der Waals surface area (Å²) in [6, 6.07) is 0. The van der Waals surface area contributed by atoms with Gasteiger partial charge in [0, 0.05) is 7.05 Å². The fraction of sp³-hybridized carbons (Fsp3) is 0.667. The van der Waals surface area contributed by atoms with Crippen molar-refractivity contribution < 1.29 is 13.2 Å². The van der Waals surface area contributed by atoms with Gasteiger partial charge in [-0.05, 0) is 6.92 Å². The third-order valence-corrected chi connectivity index (χ3v) is 1.77. The minimum atomic E-state index is -4.46. The predicted molar refractivity (Wildman–Crippen MR) is 43.4 cm³/mol. The molecule has 3 nitrogen and oxygen atoms in total. The lowest BCUT2D eigenvalue weighted by atomic mass is 10.4. The van der Waals surface area contributed by atoms with Crippen molar-refractivity contribution in [2.75, 3.05) is 0 Å². The second-order valence-corrected chi connectivity index (χ2v) is 3.39. The van der Waals surface area contributed by atoms with E-state index in [0.717, 1.165) is 4.57 Å². The molecule has 0 radical (unpaired) electrons. The minimum Gasteiger partial charge on any atom is -0.310 e. The van der Waals surface area contributed by atoms with Gasteiger partial charge in [-0.3, -0.25) is 0 Å². The molecule has 0 fully saturated rings. The van der Waals surface area contributed by atoms with E-state index in [9.17, 15) is 13.2 Å². The number of aromatic nitrogens is 3. The quantitative estimate of drug-likeness (QED) is 0.718. The van der Waals surface area contributed by atoms with Crippen LogP contribution in [0.3, 0.4) is 0 Å². The van der Waals surface area contributed by atoms with Gasteiger partial charge < -0.3 is 4.57 Å². The van der Waals surface area contributed by atoms with E-state index in [1.54, 1.807) is 6.92 Å². The third kappa shape index (κ3) is 1.96. The van der Waals surface area contributed by atoms with Crippen LogP contribution < -0.4 is 0 Å². The number of hydrogen-bond donors (Lipinski definition) is 1. The fourth-order valence-corrected chi connectivity index (χ4v) is 1.18. The summed E-state index contributed by atoms with van der Waals surface area (Å²) in [5, 5.41) is 6.08. The summed E-state index contributed by atoms with van der Waals surface area (Å²) in [5.41, 5.74) is 0. The van der Waals surface area contributed by atoms with E-state index in [0.29, 0.717) is 0 Å². The highest BCUT2D eigenvalue weighted by Crippen LogP contribution is 2.29. The molecule has 0 aliphatic heterocycles. The van der Waals surface area contributed by atoms with E-state index in [1.807, 2.05) is 0 Å². The van der Waals surface area contributed by atoms with Crippen LogP contribution in [0.15, 0.2) is 0 Å². The summed E-state index contributed by atoms with van der Waals surface area (Å²) in [5.74, 6) is -0.793. The van der Waals surface area contributed by atoms with Crippen LogP contribution in [0.5, 0.6) is 0 Å². The number of thiol groups is 1. The van der Waals surface area contributed by atoms with Crippen LogP contribution in [-0.2, 0) is 13.2 Å². The average Bonchev–Trinajstić information content (AvgIpc) is 2.28. The Labute approximate surface area is 78.4 Å². The van der Waals surface area contributed by atoms with Crippen molar-refractivity contribution in [3.8, 4) is 0 Å². The molecule has 0 spiro atoms. The fourth-order valence-electron chi connectivity index (χ4n) is 0.952. The van der Waals surface area contributed by atoms with E-state index < -0.39 is 12.0 Å². The zero-order valence-corrected chi connectivity index (χ0v) is 7.89. The molecule has 1 rings (SSSR count). The molecule has 0 saturated heterocycles. The summed E-state index contributed by atoms with van der Waals surface area (Å²) < 4.78 is 37.4. The van der Waals surface area contributed by atoms with E-state index in [-0.39, 0.29) is 11.1 Å². The summed E-state index contributed by atoms with van der Waals surface area (Å²) >= 11 is 3.98. The van der Waals surface area contributed by atoms with Gasteiger partial charge in [-0.1, -0.05) is 0 Å². The van der Waals surface area contributed by atoms with Crippen molar-refractivity contribution in [1.29, 1.82) is 0 Å². The molecule has 1 aromatic heterocycles. The van der Waals surface area contributed by atoms with Crippen molar-refractivity contribution in [3.05, 3.63) is 11.6 Å². The number of alkyl halides is 3. The molecule has 13 heavy (non-hydrogen) atoms. The summed E-state index contributed by atoms with van der Waals surface area (Å²) in [7, 11) is 1.27. The third-order valence-electron chi connectivity index (χ3n) is 1.54. The lowest BCUT2D eigenvalue weighted by molar-refractivity contribution is -0.147. The second kappa shape index (κ2) is 3.21. The molecular formula is C6H8F3N3S. The van der Waals surface area contributed by atoms with Crippen LogP contribution in [0.2, 0.25) is 0 Å². The van der Waals surface area contributed by atoms with Crippen LogP contribution in [-0.4, -0.2) is 14.8 Å². The average molecular weight is 211 g/mol. The lowest BCUT2D eigenvalue weighted by Gasteiger charge is -2.07. The van der Waals surface area contributed by atoms with Crippen molar-refractivity contribution >= 4 is 12.6 Å². The first-order valence-electron chi connectivity index (χ1n) is 3.48. The number of hydrogen-bond acceptors (Lipinski definition) is 3. The maximum Gasteiger partial charge on any atom is 0.451 e. The molecule has 0 aliphatic rings. The molecular weight excluding hydrogens is 203 g/mol. The van der Waals surface area contributed by atoms with E-state index in [4.69, 9.17) is 0 Å². The van der Waals surface area contributed by atoms with Crippen LogP contribution in [0, 0.1) is 0 Å². The molecule has 1 aromatic rings. The molecule has 0 aliphatic carbocycles. The van der Waals surface area contributed by atoms with E-state index in [2.05, 4.69) is 22.8 Å². The zero-order valence-electron chi connectivity index (χ0n) is 7.00. The topological polar surface area (TPSA) is 30.7 Å². The van der Waals surface area contributed by atoms with Crippen LogP contribution in [0.4, 0.5) is 13.2 Å². The van der Waals surface area contributed by atoms with E-state index >= 15 is 0 Å². The van der Waals surface area contributed by atoms with Gasteiger partial charge in [0.05, 0.1) is 5.25 Å². The Bertz CT molecular complexity index is 305. The standard InChI is InChI=1S/C6H8F3N3S/c1-3(13)4-10-11-5(12(4)2)6(7,8)9/h3,13H,1-2H3. The van der Waals surface area contributed by atoms with Gasteiger partial charge in [0.2, 0.25) is 5.82 Å². The molecule has 0 bridgehead atoms. The van der Waals surface area contributed by atoms with Crippen LogP contribution in [0.25, 0.3) is 0 Å². The number of rotatable bonds is 1. The molecule has 1 atom stereocenters. The molecule has 74 valence electrons. The normalized spacial score (nSPS) is 14.6. The van der Waals surface area contributed by atoms with Crippen molar-refractivity contribution in [3.63, 3.8) is 0 Å². The Morgan fingerprint density at radius 1 is 1.38 bits per heavy atom. The summed E-state index contributed by atoms with van der Waals surface area (Å²) in [6.07, 6.45) is -4.46. The summed E-state index contributed by atoms with van der Waals surface area (Å²) in [6.45, 7) is 1.63. The highest BCUT2D eigenvalue weighted by atomic mass is 32.1. The van der Waals surface area contributed by atoms with Crippen molar-refractivity contribution in [2.45, 2.75) is 18.3 Å². The first-order chi connectivity index (χ1) is 5.84. The van der Waals surface area contributed by atoms with Gasteiger partial charge in [-0.2, -0.15) is 25.8 Å². The maximum absolute atomic E-state index is 12.2. The van der Waals surface area contributed by atoms with Gasteiger partial charge in [0.25, 0.3) is 0 Å². The number of nitrogens with zero attached hydrogens (tertiary/aromatic N) is 3. The predicted octanol–water partition coefficient (Wildman–Crippen LogP) is 1.82. The Morgan fingerprint density at radius 2 is 1.92 bits per heavy atom. The monoisotopic (exact) mass is 211 g/mol. The SMILES string of the molecule is CC(S)c1nnc(C(F)(F)F)n1C. The van der Waals surface area contributed by atoms with Gasteiger partial charge in [0.1, 0.15) is 5.82 Å². The Balaban J connectivity index is 3.14. The molecule has 0 N–H and O–H groups in total. The van der Waals surface area contributed by atoms with Crippen molar-refractivity contribution in [1.82, 2.24) is 14.8 Å². The Kier molecular flexibility index (Phi) is 2.56. The molecule has 1 unspecified atom stereocenters. The Hall–Kier alpha value is -0.720. The molecule has 1 heterocycles. The van der Waals surface area contributed by atoms with Gasteiger partial charge in [-0.15, -0.1) is 10.2 Å². The van der Waals surface area contributed by atoms with Crippen LogP contribution in [0.1, 0.15) is 23.8 Å². The first kappa shape index (κ1) is 10.4. The van der Waals surface area contributed by atoms with Gasteiger partial charge in [0.15, 0.2) is 0 Å². The molecule has 7 heteroatoms. The number of halogens is 3. The zero-order chi connectivity index (χ0) is 10.2. The lowest BCUT2D eigenvalue weighted by Crippen LogP contribution is -2.13. The minimum absolute atomic E-state index is 0.204. The highest BCUT2D eigenvalue weighted by molar-refractivity contribution is 7.80. The summed E-state index contributed by atoms with van der Waals surface area (Å²) in [4.78, 5) is 0.